The highest BCUT2D eigenvalue weighted by Crippen LogP contribution is 2.32. The number of nitrogens with zero attached hydrogens (tertiary/aromatic N) is 4. The number of aromatic nitrogens is 3. The number of rotatable bonds is 4. The van der Waals surface area contributed by atoms with E-state index in [1.165, 1.54) is 0 Å². The Morgan fingerprint density at radius 3 is 3.00 bits per heavy atom. The van der Waals surface area contributed by atoms with Gasteiger partial charge in [0.25, 0.3) is 5.91 Å². The molecule has 120 valence electrons. The number of carbonyl (C=O) groups is 2. The summed E-state index contributed by atoms with van der Waals surface area (Å²) in [6, 6.07) is 5.82. The van der Waals surface area contributed by atoms with E-state index in [0.29, 0.717) is 30.1 Å². The van der Waals surface area contributed by atoms with Crippen molar-refractivity contribution in [2.24, 2.45) is 13.0 Å². The molecule has 2 aromatic rings. The van der Waals surface area contributed by atoms with Gasteiger partial charge in [-0.1, -0.05) is 5.21 Å². The first-order valence-corrected chi connectivity index (χ1v) is 7.99. The van der Waals surface area contributed by atoms with E-state index < -0.39 is 0 Å². The second-order valence-corrected chi connectivity index (χ2v) is 6.47. The van der Waals surface area contributed by atoms with Gasteiger partial charge in [0.2, 0.25) is 5.91 Å². The van der Waals surface area contributed by atoms with E-state index in [-0.39, 0.29) is 17.7 Å². The molecule has 0 bridgehead atoms. The molecule has 1 aromatic heterocycles. The van der Waals surface area contributed by atoms with Gasteiger partial charge in [-0.3, -0.25) is 9.59 Å². The summed E-state index contributed by atoms with van der Waals surface area (Å²) in [5, 5.41) is 10.9. The van der Waals surface area contributed by atoms with Crippen molar-refractivity contribution < 1.29 is 9.59 Å². The zero-order valence-electron chi connectivity index (χ0n) is 13.0. The summed E-state index contributed by atoms with van der Waals surface area (Å²) >= 11 is 0. The minimum atomic E-state index is -0.130. The third-order valence-corrected chi connectivity index (χ3v) is 4.65. The number of benzene rings is 1. The van der Waals surface area contributed by atoms with Crippen LogP contribution < -0.4 is 5.32 Å². The molecule has 0 radical (unpaired) electrons. The van der Waals surface area contributed by atoms with Crippen LogP contribution >= 0.6 is 0 Å². The van der Waals surface area contributed by atoms with Gasteiger partial charge in [-0.2, -0.15) is 0 Å². The molecular formula is C16H19N5O2. The Morgan fingerprint density at radius 1 is 1.39 bits per heavy atom. The van der Waals surface area contributed by atoms with Crippen LogP contribution in [0.1, 0.15) is 29.6 Å². The van der Waals surface area contributed by atoms with E-state index in [1.54, 1.807) is 16.8 Å². The number of nitrogens with one attached hydrogen (secondary N) is 1. The first-order valence-electron chi connectivity index (χ1n) is 7.99. The van der Waals surface area contributed by atoms with E-state index in [9.17, 15) is 9.59 Å². The van der Waals surface area contributed by atoms with Gasteiger partial charge >= 0.3 is 0 Å². The lowest BCUT2D eigenvalue weighted by atomic mass is 10.1. The number of carbonyl (C=O) groups excluding carboxylic acids is 2. The normalized spacial score (nSPS) is 21.2. The Bertz CT molecular complexity index is 780. The fourth-order valence-electron chi connectivity index (χ4n) is 3.21. The molecule has 1 N–H and O–H groups in total. The van der Waals surface area contributed by atoms with Crippen molar-refractivity contribution in [1.82, 2.24) is 25.2 Å². The molecular weight excluding hydrogens is 294 g/mol. The molecule has 2 aliphatic rings. The van der Waals surface area contributed by atoms with E-state index in [0.717, 1.165) is 24.9 Å². The largest absolute Gasteiger partial charge is 0.352 e. The summed E-state index contributed by atoms with van der Waals surface area (Å²) in [5.74, 6) is 0.315. The molecule has 2 amide bonds. The van der Waals surface area contributed by atoms with E-state index in [1.807, 2.05) is 18.0 Å². The van der Waals surface area contributed by atoms with E-state index in [4.69, 9.17) is 0 Å². The van der Waals surface area contributed by atoms with Crippen LogP contribution in [-0.2, 0) is 11.8 Å². The molecule has 1 aliphatic carbocycles. The molecule has 7 nitrogen and oxygen atoms in total. The number of fused-ring (bicyclic) bond motifs is 1. The summed E-state index contributed by atoms with van der Waals surface area (Å²) in [6.07, 6.45) is 2.80. The Labute approximate surface area is 133 Å². The van der Waals surface area contributed by atoms with Crippen molar-refractivity contribution in [3.05, 3.63) is 23.8 Å². The highest BCUT2D eigenvalue weighted by molar-refractivity contribution is 5.97. The van der Waals surface area contributed by atoms with Crippen molar-refractivity contribution in [3.8, 4) is 0 Å². The van der Waals surface area contributed by atoms with Crippen LogP contribution in [0.4, 0.5) is 0 Å². The molecule has 1 atom stereocenters. The van der Waals surface area contributed by atoms with Crippen LogP contribution in [0.2, 0.25) is 0 Å². The Balaban J connectivity index is 1.38. The highest BCUT2D eigenvalue weighted by atomic mass is 16.2. The smallest absolute Gasteiger partial charge is 0.251 e. The quantitative estimate of drug-likeness (QED) is 0.901. The first kappa shape index (κ1) is 14.2. The lowest BCUT2D eigenvalue weighted by molar-refractivity contribution is -0.128. The van der Waals surface area contributed by atoms with Gasteiger partial charge in [-0.15, -0.1) is 5.10 Å². The summed E-state index contributed by atoms with van der Waals surface area (Å²) in [4.78, 5) is 26.2. The predicted molar refractivity (Wildman–Crippen MR) is 83.7 cm³/mol. The minimum Gasteiger partial charge on any atom is -0.352 e. The molecule has 23 heavy (non-hydrogen) atoms. The molecule has 4 rings (SSSR count). The number of hydrogen-bond donors (Lipinski definition) is 1. The fraction of sp³-hybridized carbons (Fsp3) is 0.500. The zero-order valence-corrected chi connectivity index (χ0v) is 13.0. The van der Waals surface area contributed by atoms with E-state index >= 15 is 0 Å². The predicted octanol–water partition coefficient (Wildman–Crippen LogP) is 0.709. The standard InChI is InChI=1S/C16H19N5O2/c1-20-14-5-2-11(7-13(14)18-19-20)16(23)17-8-10-6-15(22)21(9-10)12-3-4-12/h2,5,7,10,12H,3-4,6,8-9H2,1H3,(H,17,23)/t10-/m0/s1. The van der Waals surface area contributed by atoms with Crippen molar-refractivity contribution in [1.29, 1.82) is 0 Å². The monoisotopic (exact) mass is 313 g/mol. The van der Waals surface area contributed by atoms with Gasteiger partial charge in [0.15, 0.2) is 0 Å². The van der Waals surface area contributed by atoms with Crippen LogP contribution in [0.15, 0.2) is 18.2 Å². The Kier molecular flexibility index (Phi) is 3.28. The number of hydrogen-bond acceptors (Lipinski definition) is 4. The Morgan fingerprint density at radius 2 is 2.22 bits per heavy atom. The summed E-state index contributed by atoms with van der Waals surface area (Å²) in [6.45, 7) is 1.30. The Hall–Kier alpha value is -2.44. The van der Waals surface area contributed by atoms with Crippen molar-refractivity contribution in [3.63, 3.8) is 0 Å². The molecule has 2 fully saturated rings. The average molecular weight is 313 g/mol. The van der Waals surface area contributed by atoms with Gasteiger partial charge in [-0.05, 0) is 31.0 Å². The van der Waals surface area contributed by atoms with Gasteiger partial charge in [-0.25, -0.2) is 4.68 Å². The third kappa shape index (κ3) is 2.67. The molecule has 1 saturated carbocycles. The number of amides is 2. The zero-order chi connectivity index (χ0) is 16.0. The van der Waals surface area contributed by atoms with Crippen LogP contribution in [-0.4, -0.2) is 50.8 Å². The van der Waals surface area contributed by atoms with Gasteiger partial charge < -0.3 is 10.2 Å². The summed E-state index contributed by atoms with van der Waals surface area (Å²) < 4.78 is 1.67. The van der Waals surface area contributed by atoms with Crippen LogP contribution in [0.3, 0.4) is 0 Å². The average Bonchev–Trinajstić information content (AvgIpc) is 3.23. The first-order chi connectivity index (χ1) is 11.1. The molecule has 0 unspecified atom stereocenters. The maximum absolute atomic E-state index is 12.3. The molecule has 1 aromatic carbocycles. The van der Waals surface area contributed by atoms with Crippen LogP contribution in [0.5, 0.6) is 0 Å². The highest BCUT2D eigenvalue weighted by Gasteiger charge is 2.39. The van der Waals surface area contributed by atoms with Gasteiger partial charge in [0.05, 0.1) is 5.52 Å². The SMILES string of the molecule is Cn1nnc2cc(C(=O)NC[C@@H]3CC(=O)N(C4CC4)C3)ccc21. The minimum absolute atomic E-state index is 0.130. The molecule has 1 saturated heterocycles. The molecule has 2 heterocycles. The lowest BCUT2D eigenvalue weighted by Gasteiger charge is -2.15. The summed E-state index contributed by atoms with van der Waals surface area (Å²) in [5.41, 5.74) is 2.17. The maximum Gasteiger partial charge on any atom is 0.251 e. The topological polar surface area (TPSA) is 80.1 Å². The van der Waals surface area contributed by atoms with Crippen LogP contribution in [0, 0.1) is 5.92 Å². The second kappa shape index (κ2) is 5.33. The molecule has 0 spiro atoms. The molecule has 1 aliphatic heterocycles. The summed E-state index contributed by atoms with van der Waals surface area (Å²) in [7, 11) is 1.82. The van der Waals surface area contributed by atoms with E-state index in [2.05, 4.69) is 15.6 Å². The van der Waals surface area contributed by atoms with Crippen molar-refractivity contribution in [2.45, 2.75) is 25.3 Å². The molecule has 7 heteroatoms. The fourth-order valence-corrected chi connectivity index (χ4v) is 3.21. The van der Waals surface area contributed by atoms with Gasteiger partial charge in [0.1, 0.15) is 5.52 Å². The number of aryl methyl sites for hydroxylation is 1. The van der Waals surface area contributed by atoms with Gasteiger partial charge in [0, 0.05) is 44.1 Å². The van der Waals surface area contributed by atoms with Crippen LogP contribution in [0.25, 0.3) is 11.0 Å². The number of likely N-dealkylation sites (tertiary alicyclic amines) is 1. The second-order valence-electron chi connectivity index (χ2n) is 6.47. The van der Waals surface area contributed by atoms with Crippen molar-refractivity contribution in [2.75, 3.05) is 13.1 Å². The van der Waals surface area contributed by atoms with Crippen molar-refractivity contribution >= 4 is 22.8 Å². The lowest BCUT2D eigenvalue weighted by Crippen LogP contribution is -2.32. The third-order valence-electron chi connectivity index (χ3n) is 4.65. The maximum atomic E-state index is 12.3.